The highest BCUT2D eigenvalue weighted by molar-refractivity contribution is 5.58. The third kappa shape index (κ3) is 2.58. The molecule has 0 heterocycles. The number of nitrogens with zero attached hydrogens (tertiary/aromatic N) is 1. The van der Waals surface area contributed by atoms with Crippen molar-refractivity contribution in [3.05, 3.63) is 29.6 Å². The van der Waals surface area contributed by atoms with Crippen molar-refractivity contribution in [2.45, 2.75) is 38.6 Å². The SMILES string of the molecule is CCC1CCC(Nc2cccc(F)c2C#N)C1. The van der Waals surface area contributed by atoms with Crippen molar-refractivity contribution in [2.75, 3.05) is 5.32 Å². The third-order valence-electron chi connectivity index (χ3n) is 3.60. The topological polar surface area (TPSA) is 35.8 Å². The first-order chi connectivity index (χ1) is 8.24. The van der Waals surface area contributed by atoms with Gasteiger partial charge in [0.05, 0.1) is 5.69 Å². The van der Waals surface area contributed by atoms with Gasteiger partial charge in [-0.2, -0.15) is 5.26 Å². The van der Waals surface area contributed by atoms with E-state index in [1.54, 1.807) is 12.1 Å². The van der Waals surface area contributed by atoms with Gasteiger partial charge in [-0.05, 0) is 37.3 Å². The monoisotopic (exact) mass is 232 g/mol. The fourth-order valence-corrected chi connectivity index (χ4v) is 2.55. The summed E-state index contributed by atoms with van der Waals surface area (Å²) < 4.78 is 13.4. The highest BCUT2D eigenvalue weighted by Gasteiger charge is 2.23. The van der Waals surface area contributed by atoms with Crippen LogP contribution in [0.1, 0.15) is 38.2 Å². The van der Waals surface area contributed by atoms with E-state index in [4.69, 9.17) is 5.26 Å². The highest BCUT2D eigenvalue weighted by atomic mass is 19.1. The summed E-state index contributed by atoms with van der Waals surface area (Å²) in [6.45, 7) is 2.20. The van der Waals surface area contributed by atoms with Crippen LogP contribution >= 0.6 is 0 Å². The normalized spacial score (nSPS) is 23.4. The summed E-state index contributed by atoms with van der Waals surface area (Å²) in [6, 6.07) is 7.06. The average molecular weight is 232 g/mol. The zero-order chi connectivity index (χ0) is 12.3. The molecular weight excluding hydrogens is 215 g/mol. The summed E-state index contributed by atoms with van der Waals surface area (Å²) in [5.74, 6) is 0.328. The number of hydrogen-bond acceptors (Lipinski definition) is 2. The lowest BCUT2D eigenvalue weighted by molar-refractivity contribution is 0.525. The van der Waals surface area contributed by atoms with Crippen molar-refractivity contribution in [3.8, 4) is 6.07 Å². The van der Waals surface area contributed by atoms with Crippen LogP contribution in [-0.2, 0) is 0 Å². The molecule has 0 spiro atoms. The number of nitrogens with one attached hydrogen (secondary N) is 1. The first-order valence-electron chi connectivity index (χ1n) is 6.19. The summed E-state index contributed by atoms with van der Waals surface area (Å²) in [5, 5.41) is 12.2. The molecule has 1 saturated carbocycles. The van der Waals surface area contributed by atoms with Crippen LogP contribution < -0.4 is 5.32 Å². The van der Waals surface area contributed by atoms with Gasteiger partial charge in [0.2, 0.25) is 0 Å². The number of halogens is 1. The predicted molar refractivity (Wildman–Crippen MR) is 66.2 cm³/mol. The van der Waals surface area contributed by atoms with Crippen LogP contribution in [-0.4, -0.2) is 6.04 Å². The van der Waals surface area contributed by atoms with Crippen LogP contribution in [0.2, 0.25) is 0 Å². The minimum absolute atomic E-state index is 0.132. The Labute approximate surface area is 101 Å². The molecule has 1 aliphatic carbocycles. The molecule has 0 saturated heterocycles. The molecule has 0 radical (unpaired) electrons. The molecule has 0 aromatic heterocycles. The van der Waals surface area contributed by atoms with E-state index in [1.807, 2.05) is 6.07 Å². The maximum absolute atomic E-state index is 13.4. The molecule has 17 heavy (non-hydrogen) atoms. The van der Waals surface area contributed by atoms with Crippen LogP contribution in [0.15, 0.2) is 18.2 Å². The van der Waals surface area contributed by atoms with Gasteiger partial charge in [-0.3, -0.25) is 0 Å². The average Bonchev–Trinajstić information content (AvgIpc) is 2.77. The van der Waals surface area contributed by atoms with Crippen molar-refractivity contribution in [3.63, 3.8) is 0 Å². The summed E-state index contributed by atoms with van der Waals surface area (Å²) in [7, 11) is 0. The van der Waals surface area contributed by atoms with Gasteiger partial charge in [-0.1, -0.05) is 19.4 Å². The lowest BCUT2D eigenvalue weighted by atomic mass is 10.1. The predicted octanol–water partition coefficient (Wildman–Crippen LogP) is 3.69. The number of rotatable bonds is 3. The Hall–Kier alpha value is -1.56. The molecular formula is C14H17FN2. The van der Waals surface area contributed by atoms with E-state index in [-0.39, 0.29) is 5.56 Å². The maximum atomic E-state index is 13.4. The van der Waals surface area contributed by atoms with E-state index in [9.17, 15) is 4.39 Å². The first-order valence-corrected chi connectivity index (χ1v) is 6.19. The van der Waals surface area contributed by atoms with Crippen LogP contribution in [0.4, 0.5) is 10.1 Å². The summed E-state index contributed by atoms with van der Waals surface area (Å²) in [5.41, 5.74) is 0.765. The number of nitriles is 1. The van der Waals surface area contributed by atoms with Crippen LogP contribution in [0.3, 0.4) is 0 Å². The van der Waals surface area contributed by atoms with Gasteiger partial charge in [0.1, 0.15) is 17.4 Å². The van der Waals surface area contributed by atoms with Crippen LogP contribution in [0.5, 0.6) is 0 Å². The minimum Gasteiger partial charge on any atom is -0.381 e. The molecule has 0 amide bonds. The molecule has 2 rings (SSSR count). The molecule has 2 atom stereocenters. The standard InChI is InChI=1S/C14H17FN2/c1-2-10-6-7-11(8-10)17-14-5-3-4-13(15)12(14)9-16/h3-5,10-11,17H,2,6-8H2,1H3. The molecule has 3 heteroatoms. The highest BCUT2D eigenvalue weighted by Crippen LogP contribution is 2.31. The van der Waals surface area contributed by atoms with E-state index < -0.39 is 5.82 Å². The Morgan fingerprint density at radius 3 is 2.94 bits per heavy atom. The molecule has 90 valence electrons. The zero-order valence-corrected chi connectivity index (χ0v) is 10.0. The Bertz CT molecular complexity index is 436. The van der Waals surface area contributed by atoms with E-state index in [2.05, 4.69) is 12.2 Å². The first kappa shape index (κ1) is 11.9. The number of benzene rings is 1. The lowest BCUT2D eigenvalue weighted by Gasteiger charge is -2.15. The maximum Gasteiger partial charge on any atom is 0.143 e. The lowest BCUT2D eigenvalue weighted by Crippen LogP contribution is -2.16. The molecule has 2 nitrogen and oxygen atoms in total. The Morgan fingerprint density at radius 1 is 1.47 bits per heavy atom. The van der Waals surface area contributed by atoms with Gasteiger partial charge in [0.25, 0.3) is 0 Å². The Kier molecular flexibility index (Phi) is 3.63. The molecule has 1 aromatic carbocycles. The second-order valence-corrected chi connectivity index (χ2v) is 4.70. The quantitative estimate of drug-likeness (QED) is 0.862. The van der Waals surface area contributed by atoms with Crippen molar-refractivity contribution >= 4 is 5.69 Å². The van der Waals surface area contributed by atoms with E-state index in [1.165, 1.54) is 18.9 Å². The van der Waals surface area contributed by atoms with Gasteiger partial charge in [0, 0.05) is 6.04 Å². The van der Waals surface area contributed by atoms with Crippen molar-refractivity contribution in [1.82, 2.24) is 0 Å². The molecule has 1 fully saturated rings. The Balaban J connectivity index is 2.10. The summed E-state index contributed by atoms with van der Waals surface area (Å²) in [4.78, 5) is 0. The van der Waals surface area contributed by atoms with Crippen molar-refractivity contribution in [1.29, 1.82) is 5.26 Å². The minimum atomic E-state index is -0.442. The van der Waals surface area contributed by atoms with Gasteiger partial charge in [-0.15, -0.1) is 0 Å². The fraction of sp³-hybridized carbons (Fsp3) is 0.500. The molecule has 1 N–H and O–H groups in total. The fourth-order valence-electron chi connectivity index (χ4n) is 2.55. The van der Waals surface area contributed by atoms with Crippen LogP contribution in [0, 0.1) is 23.1 Å². The zero-order valence-electron chi connectivity index (χ0n) is 10.0. The van der Waals surface area contributed by atoms with E-state index in [0.29, 0.717) is 11.7 Å². The molecule has 0 aliphatic heterocycles. The van der Waals surface area contributed by atoms with Gasteiger partial charge in [0.15, 0.2) is 0 Å². The largest absolute Gasteiger partial charge is 0.381 e. The second kappa shape index (κ2) is 5.18. The molecule has 2 unspecified atom stereocenters. The smallest absolute Gasteiger partial charge is 0.143 e. The summed E-state index contributed by atoms with van der Waals surface area (Å²) >= 11 is 0. The van der Waals surface area contributed by atoms with E-state index in [0.717, 1.165) is 18.8 Å². The van der Waals surface area contributed by atoms with E-state index >= 15 is 0 Å². The number of hydrogen-bond donors (Lipinski definition) is 1. The van der Waals surface area contributed by atoms with Gasteiger partial charge in [-0.25, -0.2) is 4.39 Å². The molecule has 0 bridgehead atoms. The molecule has 1 aliphatic rings. The summed E-state index contributed by atoms with van der Waals surface area (Å²) in [6.07, 6.45) is 4.66. The van der Waals surface area contributed by atoms with Gasteiger partial charge >= 0.3 is 0 Å². The third-order valence-corrected chi connectivity index (χ3v) is 3.60. The van der Waals surface area contributed by atoms with Crippen LogP contribution in [0.25, 0.3) is 0 Å². The Morgan fingerprint density at radius 2 is 2.29 bits per heavy atom. The number of anilines is 1. The van der Waals surface area contributed by atoms with Crippen molar-refractivity contribution < 1.29 is 4.39 Å². The second-order valence-electron chi connectivity index (χ2n) is 4.70. The van der Waals surface area contributed by atoms with Crippen molar-refractivity contribution in [2.24, 2.45) is 5.92 Å². The molecule has 1 aromatic rings. The van der Waals surface area contributed by atoms with Gasteiger partial charge < -0.3 is 5.32 Å².